The van der Waals surface area contributed by atoms with E-state index in [-0.39, 0.29) is 6.04 Å². The molecule has 0 amide bonds. The Bertz CT molecular complexity index is 296. The molecule has 5 heteroatoms. The van der Waals surface area contributed by atoms with Crippen LogP contribution in [-0.4, -0.2) is 28.2 Å². The maximum absolute atomic E-state index is 8.69. The Hall–Kier alpha value is -0.905. The Morgan fingerprint density at radius 1 is 1.24 bits per heavy atom. The second kappa shape index (κ2) is 8.22. The number of unbranched alkanes of at least 4 members (excludes halogenated alkanes) is 1. The average Bonchev–Trinajstić information content (AvgIpc) is 2.33. The topological polar surface area (TPSA) is 79.4 Å². The van der Waals surface area contributed by atoms with Gasteiger partial charge in [0.05, 0.1) is 0 Å². The molecule has 0 saturated heterocycles. The van der Waals surface area contributed by atoms with Gasteiger partial charge in [0.1, 0.15) is 0 Å². The fraction of sp³-hybridized carbons (Fsp3) is 0.583. The molecule has 0 aliphatic carbocycles. The molecule has 1 rings (SSSR count). The predicted molar refractivity (Wildman–Crippen MR) is 69.4 cm³/mol. The van der Waals surface area contributed by atoms with Gasteiger partial charge in [-0.05, 0) is 37.7 Å². The lowest BCUT2D eigenvalue weighted by molar-refractivity contribution is 0.400. The number of pyridine rings is 1. The molecule has 0 bridgehead atoms. The van der Waals surface area contributed by atoms with Gasteiger partial charge in [-0.25, -0.2) is 0 Å². The zero-order valence-corrected chi connectivity index (χ0v) is 10.1. The normalized spacial score (nSPS) is 12.4. The molecule has 1 atom stereocenters. The highest BCUT2D eigenvalue weighted by molar-refractivity contribution is 6.40. The molecular weight excluding hydrogens is 215 g/mol. The summed E-state index contributed by atoms with van der Waals surface area (Å²) in [5.41, 5.74) is 7.06. The second-order valence-corrected chi connectivity index (χ2v) is 4.38. The monoisotopic (exact) mass is 236 g/mol. The van der Waals surface area contributed by atoms with Gasteiger partial charge in [0.15, 0.2) is 0 Å². The first-order valence-electron chi connectivity index (χ1n) is 6.20. The highest BCUT2D eigenvalue weighted by Crippen LogP contribution is 2.08. The summed E-state index contributed by atoms with van der Waals surface area (Å²) in [4.78, 5) is 4.25. The van der Waals surface area contributed by atoms with Crippen molar-refractivity contribution in [3.8, 4) is 0 Å². The van der Waals surface area contributed by atoms with E-state index >= 15 is 0 Å². The number of rotatable bonds is 8. The van der Waals surface area contributed by atoms with Gasteiger partial charge in [0, 0.05) is 17.9 Å². The van der Waals surface area contributed by atoms with E-state index in [9.17, 15) is 0 Å². The summed E-state index contributed by atoms with van der Waals surface area (Å²) >= 11 is 0. The van der Waals surface area contributed by atoms with Crippen LogP contribution in [-0.2, 0) is 6.42 Å². The van der Waals surface area contributed by atoms with Gasteiger partial charge in [-0.15, -0.1) is 0 Å². The van der Waals surface area contributed by atoms with Gasteiger partial charge in [0.2, 0.25) is 0 Å². The third-order valence-corrected chi connectivity index (χ3v) is 2.78. The van der Waals surface area contributed by atoms with E-state index in [0.717, 1.165) is 37.8 Å². The summed E-state index contributed by atoms with van der Waals surface area (Å²) in [6.07, 6.45) is 6.76. The van der Waals surface area contributed by atoms with Crippen LogP contribution in [0.4, 0.5) is 0 Å². The molecule has 1 aromatic rings. The van der Waals surface area contributed by atoms with Gasteiger partial charge in [-0.1, -0.05) is 18.9 Å². The quantitative estimate of drug-likeness (QED) is 0.464. The van der Waals surface area contributed by atoms with Crippen molar-refractivity contribution >= 4 is 7.12 Å². The summed E-state index contributed by atoms with van der Waals surface area (Å²) in [7, 11) is -1.18. The lowest BCUT2D eigenvalue weighted by Gasteiger charge is -2.10. The minimum Gasteiger partial charge on any atom is -0.427 e. The summed E-state index contributed by atoms with van der Waals surface area (Å²) < 4.78 is 0. The predicted octanol–water partition coefficient (Wildman–Crippen LogP) is 0.985. The second-order valence-electron chi connectivity index (χ2n) is 4.38. The summed E-state index contributed by atoms with van der Waals surface area (Å²) in [6, 6.07) is 6.07. The van der Waals surface area contributed by atoms with E-state index in [1.807, 2.05) is 18.2 Å². The van der Waals surface area contributed by atoms with Gasteiger partial charge in [0.25, 0.3) is 0 Å². The fourth-order valence-corrected chi connectivity index (χ4v) is 1.76. The van der Waals surface area contributed by atoms with Crippen LogP contribution >= 0.6 is 0 Å². The van der Waals surface area contributed by atoms with E-state index in [4.69, 9.17) is 15.8 Å². The highest BCUT2D eigenvalue weighted by Gasteiger charge is 2.07. The zero-order valence-electron chi connectivity index (χ0n) is 10.1. The van der Waals surface area contributed by atoms with Crippen molar-refractivity contribution in [3.05, 3.63) is 30.1 Å². The van der Waals surface area contributed by atoms with Crippen LogP contribution in [0.1, 0.15) is 31.4 Å². The third-order valence-electron chi connectivity index (χ3n) is 2.78. The summed E-state index contributed by atoms with van der Waals surface area (Å²) in [6.45, 7) is 0. The summed E-state index contributed by atoms with van der Waals surface area (Å²) in [5.74, 6) is 0. The van der Waals surface area contributed by atoms with Crippen molar-refractivity contribution in [2.75, 3.05) is 0 Å². The minimum absolute atomic E-state index is 0.174. The SMILES string of the molecule is NC(CCCCB(O)O)CCc1ccccn1. The molecule has 1 aromatic heterocycles. The Morgan fingerprint density at radius 3 is 2.71 bits per heavy atom. The summed E-state index contributed by atoms with van der Waals surface area (Å²) in [5, 5.41) is 17.4. The first-order chi connectivity index (χ1) is 8.18. The molecular formula is C12H21BN2O2. The van der Waals surface area contributed by atoms with E-state index in [1.54, 1.807) is 6.20 Å². The van der Waals surface area contributed by atoms with E-state index in [1.165, 1.54) is 0 Å². The lowest BCUT2D eigenvalue weighted by atomic mass is 9.83. The first kappa shape index (κ1) is 14.2. The molecule has 1 unspecified atom stereocenters. The van der Waals surface area contributed by atoms with Crippen molar-refractivity contribution in [2.24, 2.45) is 5.73 Å². The first-order valence-corrected chi connectivity index (χ1v) is 6.20. The number of aromatic nitrogens is 1. The van der Waals surface area contributed by atoms with E-state index in [0.29, 0.717) is 6.32 Å². The van der Waals surface area contributed by atoms with Crippen molar-refractivity contribution in [3.63, 3.8) is 0 Å². The molecule has 0 fully saturated rings. The Labute approximate surface area is 103 Å². The van der Waals surface area contributed by atoms with Crippen LogP contribution in [0, 0.1) is 0 Å². The smallest absolute Gasteiger partial charge is 0.427 e. The molecule has 17 heavy (non-hydrogen) atoms. The molecule has 1 heterocycles. The van der Waals surface area contributed by atoms with Gasteiger partial charge < -0.3 is 15.8 Å². The fourth-order valence-electron chi connectivity index (χ4n) is 1.76. The van der Waals surface area contributed by atoms with Gasteiger partial charge in [-0.3, -0.25) is 4.98 Å². The standard InChI is InChI=1S/C12H21BN2O2/c14-11(5-1-3-9-13(16)17)7-8-12-6-2-4-10-15-12/h2,4,6,10-11,16-17H,1,3,5,7-9,14H2. The number of hydrogen-bond donors (Lipinski definition) is 3. The van der Waals surface area contributed by atoms with Crippen LogP contribution < -0.4 is 5.73 Å². The number of nitrogens with two attached hydrogens (primary N) is 1. The molecule has 4 nitrogen and oxygen atoms in total. The molecule has 94 valence electrons. The van der Waals surface area contributed by atoms with Crippen LogP contribution in [0.15, 0.2) is 24.4 Å². The van der Waals surface area contributed by atoms with E-state index in [2.05, 4.69) is 4.98 Å². The minimum atomic E-state index is -1.18. The van der Waals surface area contributed by atoms with Crippen molar-refractivity contribution < 1.29 is 10.0 Å². The number of aryl methyl sites for hydroxylation is 1. The maximum atomic E-state index is 8.69. The van der Waals surface area contributed by atoms with Gasteiger partial charge in [-0.2, -0.15) is 0 Å². The molecule has 0 aliphatic rings. The van der Waals surface area contributed by atoms with Gasteiger partial charge >= 0.3 is 7.12 Å². The zero-order chi connectivity index (χ0) is 12.5. The van der Waals surface area contributed by atoms with Crippen molar-refractivity contribution in [1.82, 2.24) is 4.98 Å². The number of hydrogen-bond acceptors (Lipinski definition) is 4. The van der Waals surface area contributed by atoms with Crippen molar-refractivity contribution in [2.45, 2.75) is 44.5 Å². The molecule has 0 spiro atoms. The molecule has 4 N–H and O–H groups in total. The lowest BCUT2D eigenvalue weighted by Crippen LogP contribution is -2.21. The number of nitrogens with zero attached hydrogens (tertiary/aromatic N) is 1. The molecule has 0 saturated carbocycles. The van der Waals surface area contributed by atoms with Crippen LogP contribution in [0.3, 0.4) is 0 Å². The van der Waals surface area contributed by atoms with Crippen molar-refractivity contribution in [1.29, 1.82) is 0 Å². The third kappa shape index (κ3) is 7.10. The largest absolute Gasteiger partial charge is 0.451 e. The average molecular weight is 236 g/mol. The van der Waals surface area contributed by atoms with E-state index < -0.39 is 7.12 Å². The molecule has 0 radical (unpaired) electrons. The van der Waals surface area contributed by atoms with Crippen LogP contribution in [0.2, 0.25) is 6.32 Å². The van der Waals surface area contributed by atoms with Crippen LogP contribution in [0.25, 0.3) is 0 Å². The Balaban J connectivity index is 2.07. The molecule has 0 aliphatic heterocycles. The molecule has 0 aromatic carbocycles. The Kier molecular flexibility index (Phi) is 6.85. The highest BCUT2D eigenvalue weighted by atomic mass is 16.4. The van der Waals surface area contributed by atoms with Crippen LogP contribution in [0.5, 0.6) is 0 Å². The Morgan fingerprint density at radius 2 is 2.06 bits per heavy atom. The maximum Gasteiger partial charge on any atom is 0.451 e.